The van der Waals surface area contributed by atoms with E-state index in [-0.39, 0.29) is 24.9 Å². The van der Waals surface area contributed by atoms with Crippen LogP contribution < -0.4 is 20.5 Å². The maximum Gasteiger partial charge on any atom is 0.323 e. The van der Waals surface area contributed by atoms with Gasteiger partial charge in [-0.1, -0.05) is 13.0 Å². The predicted molar refractivity (Wildman–Crippen MR) is 101 cm³/mol. The van der Waals surface area contributed by atoms with Gasteiger partial charge in [0.05, 0.1) is 17.6 Å². The van der Waals surface area contributed by atoms with Crippen LogP contribution in [0.5, 0.6) is 11.5 Å². The molecule has 0 bridgehead atoms. The number of rotatable bonds is 6. The summed E-state index contributed by atoms with van der Waals surface area (Å²) in [6.07, 6.45) is 0. The zero-order valence-electron chi connectivity index (χ0n) is 14.9. The number of ether oxygens (including phenoxy) is 2. The van der Waals surface area contributed by atoms with Crippen molar-refractivity contribution in [3.05, 3.63) is 52.4 Å². The quantitative estimate of drug-likeness (QED) is 0.618. The number of H-pyrrole nitrogens is 2. The molecule has 0 atom stereocenters. The minimum atomic E-state index is -0.269. The molecule has 3 N–H and O–H groups in total. The Morgan fingerprint density at radius 1 is 1.11 bits per heavy atom. The smallest absolute Gasteiger partial charge is 0.323 e. The van der Waals surface area contributed by atoms with Gasteiger partial charge in [-0.25, -0.2) is 4.79 Å². The summed E-state index contributed by atoms with van der Waals surface area (Å²) in [7, 11) is 0. The van der Waals surface area contributed by atoms with Gasteiger partial charge in [0.25, 0.3) is 0 Å². The van der Waals surface area contributed by atoms with Gasteiger partial charge in [-0.2, -0.15) is 0 Å². The molecule has 8 heteroatoms. The Balaban J connectivity index is 1.39. The molecule has 2 heterocycles. The summed E-state index contributed by atoms with van der Waals surface area (Å²) in [4.78, 5) is 31.1. The summed E-state index contributed by atoms with van der Waals surface area (Å²) in [6.45, 7) is 3.87. The number of fused-ring (bicyclic) bond motifs is 2. The molecule has 1 aliphatic rings. The lowest BCUT2D eigenvalue weighted by atomic mass is 10.2. The Bertz CT molecular complexity index is 1040. The largest absolute Gasteiger partial charge is 0.454 e. The van der Waals surface area contributed by atoms with Crippen LogP contribution in [0, 0.1) is 0 Å². The van der Waals surface area contributed by atoms with Crippen LogP contribution >= 0.6 is 0 Å². The highest BCUT2D eigenvalue weighted by Crippen LogP contribution is 2.32. The van der Waals surface area contributed by atoms with E-state index >= 15 is 0 Å². The van der Waals surface area contributed by atoms with Crippen LogP contribution in [0.1, 0.15) is 12.5 Å². The molecular weight excluding hydrogens is 348 g/mol. The molecule has 1 amide bonds. The van der Waals surface area contributed by atoms with Crippen molar-refractivity contribution < 1.29 is 14.3 Å². The second kappa shape index (κ2) is 7.16. The van der Waals surface area contributed by atoms with Gasteiger partial charge in [0, 0.05) is 12.2 Å². The zero-order valence-corrected chi connectivity index (χ0v) is 14.9. The third-order valence-electron chi connectivity index (χ3n) is 4.46. The Labute approximate surface area is 155 Å². The first-order chi connectivity index (χ1) is 13.1. The first-order valence-corrected chi connectivity index (χ1v) is 8.73. The molecule has 8 nitrogen and oxygen atoms in total. The van der Waals surface area contributed by atoms with Crippen molar-refractivity contribution in [1.82, 2.24) is 14.9 Å². The van der Waals surface area contributed by atoms with Gasteiger partial charge in [-0.3, -0.25) is 9.69 Å². The Kier molecular flexibility index (Phi) is 4.55. The van der Waals surface area contributed by atoms with Crippen molar-refractivity contribution in [3.8, 4) is 11.5 Å². The van der Waals surface area contributed by atoms with Gasteiger partial charge in [0.15, 0.2) is 11.5 Å². The summed E-state index contributed by atoms with van der Waals surface area (Å²) in [5.74, 6) is 1.37. The fourth-order valence-electron chi connectivity index (χ4n) is 3.09. The fraction of sp³-hybridized carbons (Fsp3) is 0.263. The van der Waals surface area contributed by atoms with Gasteiger partial charge in [-0.15, -0.1) is 0 Å². The van der Waals surface area contributed by atoms with Crippen molar-refractivity contribution in [3.63, 3.8) is 0 Å². The summed E-state index contributed by atoms with van der Waals surface area (Å²) in [5.41, 5.74) is 2.79. The van der Waals surface area contributed by atoms with E-state index in [1.165, 1.54) is 0 Å². The molecule has 4 rings (SSSR count). The number of imidazole rings is 1. The lowest BCUT2D eigenvalue weighted by molar-refractivity contribution is -0.117. The molecule has 27 heavy (non-hydrogen) atoms. The van der Waals surface area contributed by atoms with E-state index in [0.717, 1.165) is 23.6 Å². The number of carbonyl (C=O) groups excluding carboxylic acids is 1. The fourth-order valence-corrected chi connectivity index (χ4v) is 3.09. The number of likely N-dealkylation sites (N-methyl/N-ethyl adjacent to an activating group) is 1. The van der Waals surface area contributed by atoms with Crippen LogP contribution in [0.15, 0.2) is 41.2 Å². The summed E-state index contributed by atoms with van der Waals surface area (Å²) in [6, 6.07) is 11.1. The lowest BCUT2D eigenvalue weighted by Gasteiger charge is -2.20. The zero-order chi connectivity index (χ0) is 18.8. The molecule has 0 fully saturated rings. The highest BCUT2D eigenvalue weighted by Gasteiger charge is 2.15. The number of anilines is 1. The number of benzene rings is 2. The number of nitrogens with one attached hydrogen (secondary N) is 3. The van der Waals surface area contributed by atoms with E-state index in [9.17, 15) is 9.59 Å². The molecule has 0 saturated heterocycles. The van der Waals surface area contributed by atoms with E-state index in [0.29, 0.717) is 23.3 Å². The molecule has 0 saturated carbocycles. The molecule has 1 aliphatic heterocycles. The van der Waals surface area contributed by atoms with Gasteiger partial charge in [0.2, 0.25) is 12.7 Å². The van der Waals surface area contributed by atoms with Crippen molar-refractivity contribution >= 4 is 22.6 Å². The number of aromatic nitrogens is 2. The molecule has 0 unspecified atom stereocenters. The van der Waals surface area contributed by atoms with Gasteiger partial charge >= 0.3 is 5.69 Å². The van der Waals surface area contributed by atoms with Crippen LogP contribution in [0.3, 0.4) is 0 Å². The average molecular weight is 368 g/mol. The van der Waals surface area contributed by atoms with E-state index in [4.69, 9.17) is 9.47 Å². The number of amides is 1. The van der Waals surface area contributed by atoms with Gasteiger partial charge in [-0.05, 0) is 42.4 Å². The summed E-state index contributed by atoms with van der Waals surface area (Å²) in [5, 5.41) is 2.87. The Morgan fingerprint density at radius 2 is 1.93 bits per heavy atom. The monoisotopic (exact) mass is 368 g/mol. The first-order valence-electron chi connectivity index (χ1n) is 8.73. The Morgan fingerprint density at radius 3 is 2.78 bits per heavy atom. The maximum absolute atomic E-state index is 12.4. The molecule has 0 aliphatic carbocycles. The van der Waals surface area contributed by atoms with Crippen LogP contribution in [0.25, 0.3) is 11.0 Å². The minimum Gasteiger partial charge on any atom is -0.454 e. The number of hydrogen-bond donors (Lipinski definition) is 3. The van der Waals surface area contributed by atoms with Crippen LogP contribution in [-0.4, -0.2) is 40.7 Å². The third-order valence-corrected chi connectivity index (χ3v) is 4.46. The topological polar surface area (TPSA) is 99.5 Å². The molecule has 3 aromatic rings. The predicted octanol–water partition coefficient (Wildman–Crippen LogP) is 2.05. The Hall–Kier alpha value is -3.26. The first kappa shape index (κ1) is 17.2. The number of aromatic amines is 2. The van der Waals surface area contributed by atoms with E-state index in [2.05, 4.69) is 15.3 Å². The molecular formula is C19H20N4O4. The average Bonchev–Trinajstić information content (AvgIpc) is 3.25. The van der Waals surface area contributed by atoms with Crippen molar-refractivity contribution in [2.45, 2.75) is 13.5 Å². The normalized spacial score (nSPS) is 12.7. The van der Waals surface area contributed by atoms with Gasteiger partial charge in [0.1, 0.15) is 0 Å². The van der Waals surface area contributed by atoms with Gasteiger partial charge < -0.3 is 24.8 Å². The number of carbonyl (C=O) groups is 1. The standard InChI is InChI=1S/C19H20N4O4/c1-2-23(9-12-3-6-16-17(7-12)27-11-26-16)10-18(24)20-13-4-5-14-15(8-13)22-19(25)21-14/h3-8H,2,9-11H2,1H3,(H,20,24)(H2,21,22,25). The third kappa shape index (κ3) is 3.80. The number of hydrogen-bond acceptors (Lipinski definition) is 5. The van der Waals surface area contributed by atoms with Crippen LogP contribution in [0.4, 0.5) is 5.69 Å². The minimum absolute atomic E-state index is 0.116. The van der Waals surface area contributed by atoms with Crippen LogP contribution in [-0.2, 0) is 11.3 Å². The maximum atomic E-state index is 12.4. The number of nitrogens with zero attached hydrogens (tertiary/aromatic N) is 1. The van der Waals surface area contributed by atoms with Crippen molar-refractivity contribution in [2.24, 2.45) is 0 Å². The van der Waals surface area contributed by atoms with Crippen molar-refractivity contribution in [1.29, 1.82) is 0 Å². The van der Waals surface area contributed by atoms with Crippen LogP contribution in [0.2, 0.25) is 0 Å². The lowest BCUT2D eigenvalue weighted by Crippen LogP contribution is -2.32. The molecule has 0 radical (unpaired) electrons. The molecule has 1 aromatic heterocycles. The highest BCUT2D eigenvalue weighted by atomic mass is 16.7. The van der Waals surface area contributed by atoms with E-state index < -0.39 is 0 Å². The second-order valence-electron chi connectivity index (χ2n) is 6.38. The molecule has 0 spiro atoms. The summed E-state index contributed by atoms with van der Waals surface area (Å²) >= 11 is 0. The SMILES string of the molecule is CCN(CC(=O)Nc1ccc2[nH]c(=O)[nH]c2c1)Cc1ccc2c(c1)OCO2. The van der Waals surface area contributed by atoms with E-state index in [1.807, 2.05) is 30.0 Å². The summed E-state index contributed by atoms with van der Waals surface area (Å²) < 4.78 is 10.7. The molecule has 2 aromatic carbocycles. The van der Waals surface area contributed by atoms with Crippen molar-refractivity contribution in [2.75, 3.05) is 25.2 Å². The molecule has 140 valence electrons. The van der Waals surface area contributed by atoms with E-state index in [1.54, 1.807) is 18.2 Å². The second-order valence-corrected chi connectivity index (χ2v) is 6.38. The highest BCUT2D eigenvalue weighted by molar-refractivity contribution is 5.94.